The van der Waals surface area contributed by atoms with Crippen molar-refractivity contribution in [2.75, 3.05) is 20.6 Å². The lowest BCUT2D eigenvalue weighted by Crippen LogP contribution is -2.38. The van der Waals surface area contributed by atoms with Crippen molar-refractivity contribution in [3.8, 4) is 0 Å². The standard InChI is InChI=1S/C14H19N5O2/c1-10-6-12(16-21-10)14(20)19-5-4-18-8-11(7-17(2)3)15-13(18)9-19/h6,8H,4-5,7,9H2,1-3H3. The molecule has 2 aromatic heterocycles. The van der Waals surface area contributed by atoms with Gasteiger partial charge >= 0.3 is 0 Å². The average Bonchev–Trinajstić information content (AvgIpc) is 3.01. The molecule has 7 heteroatoms. The molecule has 0 aliphatic carbocycles. The highest BCUT2D eigenvalue weighted by molar-refractivity contribution is 5.92. The second-order valence-electron chi connectivity index (χ2n) is 5.63. The molecule has 0 fully saturated rings. The summed E-state index contributed by atoms with van der Waals surface area (Å²) in [5.41, 5.74) is 1.39. The van der Waals surface area contributed by atoms with Crippen LogP contribution in [-0.2, 0) is 19.6 Å². The van der Waals surface area contributed by atoms with Crippen LogP contribution in [0.15, 0.2) is 16.8 Å². The molecule has 3 heterocycles. The molecule has 1 aliphatic heterocycles. The Kier molecular flexibility index (Phi) is 3.50. The molecule has 0 aromatic carbocycles. The summed E-state index contributed by atoms with van der Waals surface area (Å²) < 4.78 is 7.09. The number of hydrogen-bond donors (Lipinski definition) is 0. The Labute approximate surface area is 123 Å². The van der Waals surface area contributed by atoms with Crippen LogP contribution in [0, 0.1) is 6.92 Å². The van der Waals surface area contributed by atoms with E-state index in [0.717, 1.165) is 24.6 Å². The third-order valence-electron chi connectivity index (χ3n) is 3.46. The van der Waals surface area contributed by atoms with Gasteiger partial charge in [-0.1, -0.05) is 5.16 Å². The zero-order chi connectivity index (χ0) is 15.0. The van der Waals surface area contributed by atoms with Crippen molar-refractivity contribution in [1.82, 2.24) is 24.5 Å². The Morgan fingerprint density at radius 3 is 2.90 bits per heavy atom. The first kappa shape index (κ1) is 13.8. The zero-order valence-electron chi connectivity index (χ0n) is 12.5. The van der Waals surface area contributed by atoms with Gasteiger partial charge in [-0.3, -0.25) is 4.79 Å². The topological polar surface area (TPSA) is 67.4 Å². The van der Waals surface area contributed by atoms with Crippen molar-refractivity contribution in [1.29, 1.82) is 0 Å². The van der Waals surface area contributed by atoms with Crippen LogP contribution in [0.4, 0.5) is 0 Å². The highest BCUT2D eigenvalue weighted by Crippen LogP contribution is 2.16. The van der Waals surface area contributed by atoms with E-state index < -0.39 is 0 Å². The molecule has 1 aliphatic rings. The van der Waals surface area contributed by atoms with Gasteiger partial charge < -0.3 is 18.9 Å². The fraction of sp³-hybridized carbons (Fsp3) is 0.500. The number of aromatic nitrogens is 3. The largest absolute Gasteiger partial charge is 0.361 e. The number of fused-ring (bicyclic) bond motifs is 1. The minimum atomic E-state index is -0.102. The Bertz CT molecular complexity index is 658. The summed E-state index contributed by atoms with van der Waals surface area (Å²) >= 11 is 0. The second kappa shape index (κ2) is 5.33. The van der Waals surface area contributed by atoms with Crippen LogP contribution in [0.2, 0.25) is 0 Å². The fourth-order valence-electron chi connectivity index (χ4n) is 2.51. The van der Waals surface area contributed by atoms with E-state index in [1.807, 2.05) is 14.1 Å². The quantitative estimate of drug-likeness (QED) is 0.839. The van der Waals surface area contributed by atoms with Crippen molar-refractivity contribution in [2.45, 2.75) is 26.6 Å². The van der Waals surface area contributed by atoms with Crippen LogP contribution < -0.4 is 0 Å². The van der Waals surface area contributed by atoms with Gasteiger partial charge in [-0.15, -0.1) is 0 Å². The predicted octanol–water partition coefficient (Wildman–Crippen LogP) is 0.897. The van der Waals surface area contributed by atoms with Crippen LogP contribution in [0.5, 0.6) is 0 Å². The van der Waals surface area contributed by atoms with Crippen molar-refractivity contribution >= 4 is 5.91 Å². The number of rotatable bonds is 3. The average molecular weight is 289 g/mol. The normalized spacial score (nSPS) is 14.6. The van der Waals surface area contributed by atoms with E-state index in [-0.39, 0.29) is 5.91 Å². The molecule has 0 spiro atoms. The van der Waals surface area contributed by atoms with Crippen LogP contribution in [0.3, 0.4) is 0 Å². The summed E-state index contributed by atoms with van der Waals surface area (Å²) in [6.07, 6.45) is 2.07. The summed E-state index contributed by atoms with van der Waals surface area (Å²) in [4.78, 5) is 20.8. The lowest BCUT2D eigenvalue weighted by molar-refractivity contribution is 0.0697. The molecule has 0 saturated carbocycles. The molecule has 0 radical (unpaired) electrons. The lowest BCUT2D eigenvalue weighted by atomic mass is 10.3. The highest BCUT2D eigenvalue weighted by atomic mass is 16.5. The Morgan fingerprint density at radius 1 is 1.43 bits per heavy atom. The number of nitrogens with zero attached hydrogens (tertiary/aromatic N) is 5. The SMILES string of the molecule is Cc1cc(C(=O)N2CCn3cc(CN(C)C)nc3C2)no1. The molecule has 3 rings (SSSR count). The lowest BCUT2D eigenvalue weighted by Gasteiger charge is -2.26. The van der Waals surface area contributed by atoms with E-state index in [1.165, 1.54) is 0 Å². The molecule has 0 N–H and O–H groups in total. The van der Waals surface area contributed by atoms with Gasteiger partial charge in [0.15, 0.2) is 5.69 Å². The minimum Gasteiger partial charge on any atom is -0.361 e. The maximum Gasteiger partial charge on any atom is 0.276 e. The summed E-state index contributed by atoms with van der Waals surface area (Å²) in [5.74, 6) is 1.46. The number of carbonyl (C=O) groups is 1. The first-order valence-corrected chi connectivity index (χ1v) is 6.95. The van der Waals surface area contributed by atoms with E-state index in [1.54, 1.807) is 17.9 Å². The van der Waals surface area contributed by atoms with Gasteiger partial charge in [0.1, 0.15) is 11.6 Å². The van der Waals surface area contributed by atoms with Gasteiger partial charge in [0, 0.05) is 31.9 Å². The molecule has 21 heavy (non-hydrogen) atoms. The van der Waals surface area contributed by atoms with Crippen LogP contribution in [-0.4, -0.2) is 51.1 Å². The van der Waals surface area contributed by atoms with Crippen molar-refractivity contribution in [3.05, 3.63) is 35.2 Å². The summed E-state index contributed by atoms with van der Waals surface area (Å²) in [6, 6.07) is 1.67. The highest BCUT2D eigenvalue weighted by Gasteiger charge is 2.25. The molecular weight excluding hydrogens is 270 g/mol. The molecule has 2 aromatic rings. The number of aryl methyl sites for hydroxylation is 1. The number of hydrogen-bond acceptors (Lipinski definition) is 5. The van der Waals surface area contributed by atoms with E-state index in [0.29, 0.717) is 24.5 Å². The zero-order valence-corrected chi connectivity index (χ0v) is 12.5. The van der Waals surface area contributed by atoms with Gasteiger partial charge in [0.25, 0.3) is 5.91 Å². The number of imidazole rings is 1. The van der Waals surface area contributed by atoms with Crippen LogP contribution in [0.1, 0.15) is 27.8 Å². The molecule has 0 saturated heterocycles. The maximum absolute atomic E-state index is 12.4. The van der Waals surface area contributed by atoms with E-state index in [2.05, 4.69) is 25.8 Å². The third kappa shape index (κ3) is 2.82. The Hall–Kier alpha value is -2.15. The molecular formula is C14H19N5O2. The van der Waals surface area contributed by atoms with Gasteiger partial charge in [-0.2, -0.15) is 0 Å². The number of carbonyl (C=O) groups excluding carboxylic acids is 1. The minimum absolute atomic E-state index is 0.102. The first-order valence-electron chi connectivity index (χ1n) is 6.95. The monoisotopic (exact) mass is 289 g/mol. The number of amides is 1. The molecule has 0 bridgehead atoms. The van der Waals surface area contributed by atoms with Gasteiger partial charge in [0.05, 0.1) is 12.2 Å². The van der Waals surface area contributed by atoms with Crippen LogP contribution >= 0.6 is 0 Å². The molecule has 7 nitrogen and oxygen atoms in total. The first-order chi connectivity index (χ1) is 10.0. The van der Waals surface area contributed by atoms with Gasteiger partial charge in [-0.25, -0.2) is 4.98 Å². The van der Waals surface area contributed by atoms with E-state index >= 15 is 0 Å². The Balaban J connectivity index is 1.75. The molecule has 112 valence electrons. The van der Waals surface area contributed by atoms with Crippen molar-refractivity contribution < 1.29 is 9.32 Å². The predicted molar refractivity (Wildman–Crippen MR) is 75.6 cm³/mol. The smallest absolute Gasteiger partial charge is 0.276 e. The van der Waals surface area contributed by atoms with Gasteiger partial charge in [0.2, 0.25) is 0 Å². The summed E-state index contributed by atoms with van der Waals surface area (Å²) in [5, 5.41) is 3.79. The fourth-order valence-corrected chi connectivity index (χ4v) is 2.51. The molecule has 0 unspecified atom stereocenters. The summed E-state index contributed by atoms with van der Waals surface area (Å²) in [6.45, 7) is 4.52. The maximum atomic E-state index is 12.4. The second-order valence-corrected chi connectivity index (χ2v) is 5.63. The van der Waals surface area contributed by atoms with Crippen LogP contribution in [0.25, 0.3) is 0 Å². The van der Waals surface area contributed by atoms with Gasteiger partial charge in [-0.05, 0) is 21.0 Å². The van der Waals surface area contributed by atoms with Crippen molar-refractivity contribution in [3.63, 3.8) is 0 Å². The molecule has 1 amide bonds. The molecule has 0 atom stereocenters. The Morgan fingerprint density at radius 2 is 2.24 bits per heavy atom. The summed E-state index contributed by atoms with van der Waals surface area (Å²) in [7, 11) is 4.03. The van der Waals surface area contributed by atoms with Crippen molar-refractivity contribution in [2.24, 2.45) is 0 Å². The third-order valence-corrected chi connectivity index (χ3v) is 3.46. The van der Waals surface area contributed by atoms with E-state index in [4.69, 9.17) is 4.52 Å². The van der Waals surface area contributed by atoms with E-state index in [9.17, 15) is 4.79 Å².